The molecule has 2 aliphatic carbocycles. The quantitative estimate of drug-likeness (QED) is 0.286. The smallest absolute Gasteiger partial charge is 0.408 e. The number of fused-ring (bicyclic) bond motifs is 3. The van der Waals surface area contributed by atoms with Gasteiger partial charge in [0.15, 0.2) is 0 Å². The van der Waals surface area contributed by atoms with E-state index >= 15 is 0 Å². The topological polar surface area (TPSA) is 185 Å². The van der Waals surface area contributed by atoms with E-state index in [0.717, 1.165) is 4.90 Å². The maximum atomic E-state index is 14.8. The Labute approximate surface area is 329 Å². The molecule has 1 aromatic heterocycles. The third kappa shape index (κ3) is 9.10. The summed E-state index contributed by atoms with van der Waals surface area (Å²) in [5.74, 6) is -3.76. The third-order valence-electron chi connectivity index (χ3n) is 11.3. The number of nitrogens with one attached hydrogen (secondary N) is 2. The Kier molecular flexibility index (Phi) is 11.8. The number of amides is 4. The summed E-state index contributed by atoms with van der Waals surface area (Å²) in [7, 11) is -4.01. The number of alkyl halides is 3. The zero-order valence-electron chi connectivity index (χ0n) is 32.5. The summed E-state index contributed by atoms with van der Waals surface area (Å²) in [6.45, 7) is 7.48. The number of carboxylic acid groups (broad SMARTS) is 1. The first-order valence-electron chi connectivity index (χ1n) is 19.4. The zero-order chi connectivity index (χ0) is 41.6. The molecule has 4 aliphatic rings. The average molecular weight is 822 g/mol. The molecule has 0 bridgehead atoms. The highest BCUT2D eigenvalue weighted by Crippen LogP contribution is 2.46. The molecule has 4 amide bonds. The number of rotatable bonds is 9. The Morgan fingerprint density at radius 2 is 1.82 bits per heavy atom. The van der Waals surface area contributed by atoms with E-state index in [2.05, 4.69) is 15.0 Å². The molecule has 14 nitrogen and oxygen atoms in total. The second-order valence-electron chi connectivity index (χ2n) is 16.3. The van der Waals surface area contributed by atoms with E-state index in [9.17, 15) is 45.9 Å². The number of halogens is 3. The van der Waals surface area contributed by atoms with Crippen LogP contribution in [-0.4, -0.2) is 106 Å². The van der Waals surface area contributed by atoms with Crippen LogP contribution in [0.25, 0.3) is 10.8 Å². The van der Waals surface area contributed by atoms with Crippen LogP contribution in [0, 0.1) is 17.8 Å². The van der Waals surface area contributed by atoms with Crippen molar-refractivity contribution in [3.63, 3.8) is 0 Å². The molecule has 0 radical (unpaired) electrons. The lowest BCUT2D eigenvalue weighted by Gasteiger charge is -2.40. The normalized spacial score (nSPS) is 29.0. The molecular weight excluding hydrogens is 772 g/mol. The standard InChI is InChI=1S/C39H50F3N5O9S/c1-21(2)55-27-10-13-30-25(17-27)14-15-43-34(30)56-28-18-31-33(48)44-38(36(50)45-57(53,54)29-11-12-29)19-26(38)9-7-6-8-22(3)16-23(4)32(35(49)46(31)20-28)47(37(51)52)24(5)39(40,41)42/h7,9-10,13-15,17,21-24,26,28-29,31-32H,6,8,11-12,16,18-20H2,1-5H3,(H,44,48)(H,45,50)(H,51,52)/t22-,23-,24-,26-,28-,31+,32+,38-/m1/s1. The Balaban J connectivity index is 1.39. The third-order valence-corrected chi connectivity index (χ3v) is 13.2. The molecule has 6 rings (SSSR count). The summed E-state index contributed by atoms with van der Waals surface area (Å²) in [5.41, 5.74) is -1.69. The number of sulfonamides is 1. The Morgan fingerprint density at radius 1 is 1.11 bits per heavy atom. The molecule has 3 heterocycles. The maximum absolute atomic E-state index is 14.8. The summed E-state index contributed by atoms with van der Waals surface area (Å²) < 4.78 is 82.9. The molecular formula is C39H50F3N5O9S. The van der Waals surface area contributed by atoms with Gasteiger partial charge in [0.2, 0.25) is 27.7 Å². The van der Waals surface area contributed by atoms with E-state index in [1.165, 1.54) is 13.1 Å². The first-order chi connectivity index (χ1) is 26.7. The summed E-state index contributed by atoms with van der Waals surface area (Å²) >= 11 is 0. The number of benzene rings is 1. The molecule has 8 atom stereocenters. The van der Waals surface area contributed by atoms with Gasteiger partial charge in [0, 0.05) is 23.9 Å². The second kappa shape index (κ2) is 16.0. The average Bonchev–Trinajstić information content (AvgIpc) is 4.04. The molecule has 1 aromatic carbocycles. The number of hydrogen-bond donors (Lipinski definition) is 3. The van der Waals surface area contributed by atoms with Crippen molar-refractivity contribution in [1.29, 1.82) is 0 Å². The predicted molar refractivity (Wildman–Crippen MR) is 202 cm³/mol. The minimum absolute atomic E-state index is 0.0649. The van der Waals surface area contributed by atoms with Crippen LogP contribution in [0.3, 0.4) is 0 Å². The molecule has 0 spiro atoms. The SMILES string of the molecule is CC(C)Oc1ccc2c(O[C@@H]3C[C@H]4C(=O)N[C@]5(C(=O)NS(=O)(=O)C6CC6)C[C@H]5C=CCC[C@@H](C)C[C@@H](C)[C@H](N(C(=O)O)[C@H](C)C(F)(F)F)C(=O)N4C3)nccc2c1. The highest BCUT2D eigenvalue weighted by atomic mass is 32.2. The van der Waals surface area contributed by atoms with Crippen LogP contribution in [0.2, 0.25) is 0 Å². The second-order valence-corrected chi connectivity index (χ2v) is 18.2. The largest absolute Gasteiger partial charge is 0.491 e. The predicted octanol–water partition coefficient (Wildman–Crippen LogP) is 5.17. The van der Waals surface area contributed by atoms with Crippen molar-refractivity contribution in [3.8, 4) is 11.6 Å². The van der Waals surface area contributed by atoms with Crippen molar-refractivity contribution in [2.75, 3.05) is 6.54 Å². The molecule has 2 saturated carbocycles. The Morgan fingerprint density at radius 3 is 2.47 bits per heavy atom. The number of hydrogen-bond acceptors (Lipinski definition) is 9. The van der Waals surface area contributed by atoms with Crippen molar-refractivity contribution in [1.82, 2.24) is 24.8 Å². The first-order valence-corrected chi connectivity index (χ1v) is 20.9. The monoisotopic (exact) mass is 821 g/mol. The fraction of sp³-hybridized carbons (Fsp3) is 0.615. The summed E-state index contributed by atoms with van der Waals surface area (Å²) in [6.07, 6.45) is -1.17. The van der Waals surface area contributed by atoms with Crippen molar-refractivity contribution in [2.24, 2.45) is 17.8 Å². The lowest BCUT2D eigenvalue weighted by Crippen LogP contribution is -2.62. The number of ether oxygens (including phenoxy) is 2. The molecule has 3 fully saturated rings. The van der Waals surface area contributed by atoms with E-state index < -0.39 is 86.9 Å². The van der Waals surface area contributed by atoms with Crippen LogP contribution in [0.4, 0.5) is 18.0 Å². The number of carbonyl (C=O) groups excluding carboxylic acids is 3. The summed E-state index contributed by atoms with van der Waals surface area (Å²) in [6, 6.07) is 1.12. The van der Waals surface area contributed by atoms with E-state index in [4.69, 9.17) is 9.47 Å². The van der Waals surface area contributed by atoms with E-state index in [-0.39, 0.29) is 48.6 Å². The van der Waals surface area contributed by atoms with Gasteiger partial charge < -0.3 is 24.8 Å². The zero-order valence-corrected chi connectivity index (χ0v) is 33.3. The fourth-order valence-electron chi connectivity index (χ4n) is 8.08. The van der Waals surface area contributed by atoms with Gasteiger partial charge in [-0.1, -0.05) is 26.0 Å². The number of aromatic nitrogens is 1. The number of allylic oxidation sites excluding steroid dienone is 1. The lowest BCUT2D eigenvalue weighted by molar-refractivity contribution is -0.184. The molecule has 312 valence electrons. The molecule has 0 unspecified atom stereocenters. The van der Waals surface area contributed by atoms with Gasteiger partial charge in [0.1, 0.15) is 35.5 Å². The molecule has 2 aliphatic heterocycles. The van der Waals surface area contributed by atoms with Gasteiger partial charge in [-0.05, 0) is 101 Å². The number of nitrogens with zero attached hydrogens (tertiary/aromatic N) is 3. The summed E-state index contributed by atoms with van der Waals surface area (Å²) in [5, 5.41) is 13.6. The van der Waals surface area contributed by atoms with Crippen LogP contribution in [0.5, 0.6) is 11.6 Å². The van der Waals surface area contributed by atoms with Gasteiger partial charge >= 0.3 is 12.3 Å². The number of carbonyl (C=O) groups is 4. The van der Waals surface area contributed by atoms with Gasteiger partial charge in [0.25, 0.3) is 5.91 Å². The van der Waals surface area contributed by atoms with Gasteiger partial charge in [-0.25, -0.2) is 18.2 Å². The number of pyridine rings is 1. The van der Waals surface area contributed by atoms with Crippen LogP contribution >= 0.6 is 0 Å². The van der Waals surface area contributed by atoms with Gasteiger partial charge in [-0.3, -0.25) is 24.0 Å². The van der Waals surface area contributed by atoms with Crippen LogP contribution in [0.15, 0.2) is 42.6 Å². The summed E-state index contributed by atoms with van der Waals surface area (Å²) in [4.78, 5) is 61.3. The fourth-order valence-corrected chi connectivity index (χ4v) is 9.44. The first kappa shape index (κ1) is 42.0. The molecule has 1 saturated heterocycles. The van der Waals surface area contributed by atoms with E-state index in [0.29, 0.717) is 49.1 Å². The Hall–Kier alpha value is -4.61. The van der Waals surface area contributed by atoms with Gasteiger partial charge in [-0.2, -0.15) is 13.2 Å². The van der Waals surface area contributed by atoms with Gasteiger partial charge in [-0.15, -0.1) is 0 Å². The van der Waals surface area contributed by atoms with Gasteiger partial charge in [0.05, 0.1) is 17.9 Å². The van der Waals surface area contributed by atoms with Crippen molar-refractivity contribution >= 4 is 44.6 Å². The van der Waals surface area contributed by atoms with Crippen molar-refractivity contribution in [3.05, 3.63) is 42.6 Å². The maximum Gasteiger partial charge on any atom is 0.408 e. The molecule has 2 aromatic rings. The highest BCUT2D eigenvalue weighted by molar-refractivity contribution is 7.91. The molecule has 18 heteroatoms. The Bertz CT molecular complexity index is 2030. The highest BCUT2D eigenvalue weighted by Gasteiger charge is 2.62. The minimum Gasteiger partial charge on any atom is -0.491 e. The van der Waals surface area contributed by atoms with Crippen LogP contribution in [-0.2, 0) is 24.4 Å². The van der Waals surface area contributed by atoms with Crippen LogP contribution < -0.4 is 19.5 Å². The lowest BCUT2D eigenvalue weighted by atomic mass is 9.86. The molecule has 3 N–H and O–H groups in total. The molecule has 57 heavy (non-hydrogen) atoms. The van der Waals surface area contributed by atoms with Crippen molar-refractivity contribution in [2.45, 2.75) is 127 Å². The van der Waals surface area contributed by atoms with E-state index in [1.807, 2.05) is 20.8 Å². The minimum atomic E-state index is -5.03. The van der Waals surface area contributed by atoms with E-state index in [1.54, 1.807) is 36.4 Å². The van der Waals surface area contributed by atoms with Crippen molar-refractivity contribution < 1.29 is 55.3 Å². The van der Waals surface area contributed by atoms with Crippen LogP contribution in [0.1, 0.15) is 79.6 Å².